The van der Waals surface area contributed by atoms with Crippen LogP contribution in [0.4, 0.5) is 0 Å². The molecule has 0 radical (unpaired) electrons. The molecule has 0 aromatic heterocycles. The fourth-order valence-corrected chi connectivity index (χ4v) is 5.91. The molecule has 270 valence electrons. The number of fused-ring (bicyclic) bond motifs is 5. The predicted octanol–water partition coefficient (Wildman–Crippen LogP) is 13.8. The molecule has 6 aromatic carbocycles. The first-order valence-corrected chi connectivity index (χ1v) is 19.0. The van der Waals surface area contributed by atoms with Gasteiger partial charge in [0.1, 0.15) is 0 Å². The molecule has 0 amide bonds. The summed E-state index contributed by atoms with van der Waals surface area (Å²) in [6.07, 6.45) is 11.0. The summed E-state index contributed by atoms with van der Waals surface area (Å²) in [7, 11) is 0. The van der Waals surface area contributed by atoms with Crippen LogP contribution in [0.3, 0.4) is 0 Å². The van der Waals surface area contributed by atoms with Crippen molar-refractivity contribution in [2.45, 2.75) is 65.2 Å². The standard InChI is InChI=1S/C21H25.2C11H9.C5H5.CH2.2ClH.Zr/c1-20(2,3)16-9-7-14-11-15-8-10-17(21(4,5)6)13-19(15)18(14)12-16;2*1-9-5-4-7-10-6-2-3-8-11(9)10;1-2-4-5-3-1;;;;/h7,9-10,12-13H,11H2,1-6H3;2*2-8H,1H2;1-3H,4H2;1H2;2*1H;/q4*-1;;;;. The van der Waals surface area contributed by atoms with Crippen LogP contribution < -0.4 is 0 Å². The van der Waals surface area contributed by atoms with Crippen molar-refractivity contribution in [3.8, 4) is 11.1 Å². The number of halogens is 2. The van der Waals surface area contributed by atoms with Gasteiger partial charge >= 0.3 is 28.4 Å². The summed E-state index contributed by atoms with van der Waals surface area (Å²) < 4.78 is 3.34. The Hall–Kier alpha value is -3.61. The third-order valence-corrected chi connectivity index (χ3v) is 8.87. The minimum atomic E-state index is 0. The second-order valence-corrected chi connectivity index (χ2v) is 14.6. The molecule has 0 aliphatic heterocycles. The first-order valence-electron chi connectivity index (χ1n) is 17.3. The van der Waals surface area contributed by atoms with Gasteiger partial charge in [0.15, 0.2) is 0 Å². The number of rotatable bonds is 0. The molecular weight excluding hydrogens is 751 g/mol. The average molecular weight is 803 g/mol. The molecule has 2 aliphatic carbocycles. The number of hydrogen-bond donors (Lipinski definition) is 0. The number of benzene rings is 6. The zero-order valence-corrected chi connectivity index (χ0v) is 35.6. The Bertz CT molecular complexity index is 1930. The van der Waals surface area contributed by atoms with E-state index in [2.05, 4.69) is 145 Å². The van der Waals surface area contributed by atoms with Crippen molar-refractivity contribution >= 4 is 50.6 Å². The Morgan fingerprint density at radius 1 is 0.615 bits per heavy atom. The third-order valence-electron chi connectivity index (χ3n) is 8.87. The molecule has 0 unspecified atom stereocenters. The fraction of sp³-hybridized carbons (Fsp3) is 0.204. The van der Waals surface area contributed by atoms with Crippen LogP contribution in [0, 0.1) is 26.0 Å². The van der Waals surface area contributed by atoms with E-state index >= 15 is 0 Å². The minimum absolute atomic E-state index is 0. The SMILES string of the molecule is CC(C)(C)c1c[c-]c2c(c1)-c1cc(C(C)(C)C)ccc1C2.Cl.Cl.[C-]1=CC=CC1.[CH2-]c1cccc2ccccc12.[CH2-]c1cccc2ccccc12.[CH2]=[Zr]. The molecule has 8 rings (SSSR count). The van der Waals surface area contributed by atoms with Crippen LogP contribution in [0.15, 0.2) is 133 Å². The van der Waals surface area contributed by atoms with Gasteiger partial charge < -0.3 is 0 Å². The number of allylic oxidation sites excluding steroid dienone is 4. The second-order valence-electron chi connectivity index (χ2n) is 14.6. The van der Waals surface area contributed by atoms with E-state index in [9.17, 15) is 0 Å². The molecule has 0 spiro atoms. The summed E-state index contributed by atoms with van der Waals surface area (Å²) in [5.74, 6) is 0. The third kappa shape index (κ3) is 12.0. The Morgan fingerprint density at radius 2 is 1.12 bits per heavy atom. The van der Waals surface area contributed by atoms with Crippen LogP contribution in [0.1, 0.15) is 81.3 Å². The Labute approximate surface area is 341 Å². The normalized spacial score (nSPS) is 11.7. The average Bonchev–Trinajstić information content (AvgIpc) is 3.81. The number of hydrogen-bond acceptors (Lipinski definition) is 0. The Kier molecular flexibility index (Phi) is 17.6. The molecule has 0 fully saturated rings. The van der Waals surface area contributed by atoms with Crippen LogP contribution in [0.5, 0.6) is 0 Å². The molecular formula is C49H52Cl2Zr-4. The van der Waals surface area contributed by atoms with Crippen molar-refractivity contribution in [1.82, 2.24) is 0 Å². The van der Waals surface area contributed by atoms with Crippen LogP contribution >= 0.6 is 24.8 Å². The predicted molar refractivity (Wildman–Crippen MR) is 231 cm³/mol. The second kappa shape index (κ2) is 20.6. The first-order chi connectivity index (χ1) is 23.9. The van der Waals surface area contributed by atoms with Crippen molar-refractivity contribution in [3.63, 3.8) is 0 Å². The van der Waals surface area contributed by atoms with E-state index in [1.54, 1.807) is 0 Å². The van der Waals surface area contributed by atoms with E-state index < -0.39 is 0 Å². The molecule has 52 heavy (non-hydrogen) atoms. The molecule has 0 heterocycles. The summed E-state index contributed by atoms with van der Waals surface area (Å²) in [4.78, 5) is 0. The van der Waals surface area contributed by atoms with Crippen molar-refractivity contribution in [3.05, 3.63) is 193 Å². The van der Waals surface area contributed by atoms with Crippen LogP contribution in [0.2, 0.25) is 0 Å². The molecule has 3 heteroatoms. The van der Waals surface area contributed by atoms with Gasteiger partial charge in [-0.1, -0.05) is 136 Å². The van der Waals surface area contributed by atoms with Crippen LogP contribution in [-0.2, 0) is 41.5 Å². The molecule has 0 saturated carbocycles. The maximum absolute atomic E-state index is 3.95. The summed E-state index contributed by atoms with van der Waals surface area (Å²) in [5, 5.41) is 5.02. The van der Waals surface area contributed by atoms with Gasteiger partial charge in [-0.2, -0.15) is 72.5 Å². The van der Waals surface area contributed by atoms with E-state index in [4.69, 9.17) is 0 Å². The summed E-state index contributed by atoms with van der Waals surface area (Å²) >= 11 is 1.30. The van der Waals surface area contributed by atoms with Crippen molar-refractivity contribution in [2.75, 3.05) is 0 Å². The van der Waals surface area contributed by atoms with Gasteiger partial charge in [-0.05, 0) is 17.4 Å². The van der Waals surface area contributed by atoms with E-state index in [0.29, 0.717) is 0 Å². The van der Waals surface area contributed by atoms with Crippen molar-refractivity contribution in [1.29, 1.82) is 0 Å². The van der Waals surface area contributed by atoms with Crippen LogP contribution in [0.25, 0.3) is 32.7 Å². The monoisotopic (exact) mass is 800 g/mol. The fourth-order valence-electron chi connectivity index (χ4n) is 5.91. The van der Waals surface area contributed by atoms with Gasteiger partial charge in [0.05, 0.1) is 0 Å². The Morgan fingerprint density at radius 3 is 1.56 bits per heavy atom. The molecule has 6 aromatic rings. The van der Waals surface area contributed by atoms with E-state index in [1.807, 2.05) is 60.7 Å². The van der Waals surface area contributed by atoms with Gasteiger partial charge in [0, 0.05) is 0 Å². The molecule has 0 N–H and O–H groups in total. The molecule has 0 saturated heterocycles. The molecule has 2 aliphatic rings. The molecule has 0 bridgehead atoms. The van der Waals surface area contributed by atoms with Gasteiger partial charge in [-0.3, -0.25) is 6.08 Å². The molecule has 0 atom stereocenters. The summed E-state index contributed by atoms with van der Waals surface area (Å²) in [5.41, 5.74) is 11.0. The van der Waals surface area contributed by atoms with Crippen molar-refractivity contribution < 1.29 is 24.2 Å². The van der Waals surface area contributed by atoms with Crippen molar-refractivity contribution in [2.24, 2.45) is 0 Å². The van der Waals surface area contributed by atoms with E-state index in [1.165, 1.54) is 79.2 Å². The van der Waals surface area contributed by atoms with E-state index in [0.717, 1.165) is 24.0 Å². The Balaban J connectivity index is 0.000000257. The summed E-state index contributed by atoms with van der Waals surface area (Å²) in [6, 6.07) is 44.0. The quantitative estimate of drug-likeness (QED) is 0.134. The van der Waals surface area contributed by atoms with Gasteiger partial charge in [0.25, 0.3) is 0 Å². The first kappa shape index (κ1) is 44.6. The zero-order valence-electron chi connectivity index (χ0n) is 31.6. The van der Waals surface area contributed by atoms with Gasteiger partial charge in [0.2, 0.25) is 0 Å². The molecule has 0 nitrogen and oxygen atoms in total. The van der Waals surface area contributed by atoms with Gasteiger partial charge in [-0.15, -0.1) is 71.8 Å². The van der Waals surface area contributed by atoms with Gasteiger partial charge in [-0.25, -0.2) is 12.2 Å². The summed E-state index contributed by atoms with van der Waals surface area (Å²) in [6.45, 7) is 21.5. The zero-order chi connectivity index (χ0) is 36.3. The maximum atomic E-state index is 3.95. The van der Waals surface area contributed by atoms with Crippen LogP contribution in [-0.4, -0.2) is 4.21 Å². The topological polar surface area (TPSA) is 0 Å². The van der Waals surface area contributed by atoms with E-state index in [-0.39, 0.29) is 35.6 Å².